The maximum Gasteiger partial charge on any atom is 0.153 e. The molecule has 0 aliphatic heterocycles. The highest BCUT2D eigenvalue weighted by Crippen LogP contribution is 2.17. The lowest BCUT2D eigenvalue weighted by Crippen LogP contribution is -2.01. The molecule has 1 atom stereocenters. The first-order valence-electron chi connectivity index (χ1n) is 3.94. The minimum atomic E-state index is -0.481. The summed E-state index contributed by atoms with van der Waals surface area (Å²) in [4.78, 5) is 10.5. The number of benzene rings is 1. The molecule has 0 unspecified atom stereocenters. The van der Waals surface area contributed by atoms with Gasteiger partial charge in [0.15, 0.2) is 6.29 Å². The minimum Gasteiger partial charge on any atom is -0.497 e. The fourth-order valence-corrected chi connectivity index (χ4v) is 1.06. The maximum absolute atomic E-state index is 10.5. The number of rotatable bonds is 4. The summed E-state index contributed by atoms with van der Waals surface area (Å²) >= 11 is 0. The Bertz CT molecular complexity index is 266. The van der Waals surface area contributed by atoms with Crippen molar-refractivity contribution in [1.29, 1.82) is 0 Å². The fourth-order valence-electron chi connectivity index (χ4n) is 1.06. The largest absolute Gasteiger partial charge is 0.497 e. The van der Waals surface area contributed by atoms with Crippen LogP contribution in [0.2, 0.25) is 0 Å². The first-order valence-corrected chi connectivity index (χ1v) is 3.94. The van der Waals surface area contributed by atoms with Crippen molar-refractivity contribution in [2.75, 3.05) is 14.2 Å². The zero-order valence-electron chi connectivity index (χ0n) is 7.69. The van der Waals surface area contributed by atoms with E-state index < -0.39 is 6.10 Å². The zero-order chi connectivity index (χ0) is 9.68. The van der Waals surface area contributed by atoms with Gasteiger partial charge in [0.05, 0.1) is 7.11 Å². The van der Waals surface area contributed by atoms with Crippen LogP contribution in [0.15, 0.2) is 24.3 Å². The van der Waals surface area contributed by atoms with E-state index in [1.807, 2.05) is 0 Å². The number of ether oxygens (including phenoxy) is 2. The Hall–Kier alpha value is -1.35. The zero-order valence-corrected chi connectivity index (χ0v) is 7.69. The number of hydrogen-bond donors (Lipinski definition) is 0. The molecule has 0 amide bonds. The third-order valence-electron chi connectivity index (χ3n) is 1.82. The van der Waals surface area contributed by atoms with Crippen LogP contribution in [0, 0.1) is 0 Å². The molecular weight excluding hydrogens is 168 g/mol. The second kappa shape index (κ2) is 4.62. The van der Waals surface area contributed by atoms with Gasteiger partial charge in [0.2, 0.25) is 0 Å². The van der Waals surface area contributed by atoms with Gasteiger partial charge < -0.3 is 14.3 Å². The molecule has 0 saturated heterocycles. The van der Waals surface area contributed by atoms with Crippen LogP contribution in [-0.4, -0.2) is 20.5 Å². The molecule has 1 rings (SSSR count). The number of aldehydes is 1. The third-order valence-corrected chi connectivity index (χ3v) is 1.82. The van der Waals surface area contributed by atoms with E-state index in [0.29, 0.717) is 0 Å². The highest BCUT2D eigenvalue weighted by atomic mass is 16.5. The Morgan fingerprint density at radius 1 is 1.23 bits per heavy atom. The molecule has 13 heavy (non-hydrogen) atoms. The normalized spacial score (nSPS) is 12.2. The number of carbonyl (C=O) groups is 1. The molecule has 0 N–H and O–H groups in total. The van der Waals surface area contributed by atoms with Gasteiger partial charge in [-0.3, -0.25) is 0 Å². The topological polar surface area (TPSA) is 35.5 Å². The van der Waals surface area contributed by atoms with E-state index in [1.54, 1.807) is 31.4 Å². The van der Waals surface area contributed by atoms with Crippen molar-refractivity contribution in [2.24, 2.45) is 0 Å². The summed E-state index contributed by atoms with van der Waals surface area (Å²) in [6.07, 6.45) is 0.285. The molecule has 0 aliphatic carbocycles. The Kier molecular flexibility index (Phi) is 3.46. The first kappa shape index (κ1) is 9.74. The summed E-state index contributed by atoms with van der Waals surface area (Å²) in [6, 6.07) is 7.21. The Morgan fingerprint density at radius 2 is 1.85 bits per heavy atom. The molecule has 3 heteroatoms. The number of methoxy groups -OCH3 is 2. The molecular formula is C10H12O3. The van der Waals surface area contributed by atoms with Crippen LogP contribution in [0.1, 0.15) is 11.7 Å². The summed E-state index contributed by atoms with van der Waals surface area (Å²) < 4.78 is 9.94. The van der Waals surface area contributed by atoms with Crippen LogP contribution in [-0.2, 0) is 9.53 Å². The third kappa shape index (κ3) is 2.29. The van der Waals surface area contributed by atoms with Crippen molar-refractivity contribution in [3.05, 3.63) is 29.8 Å². The Morgan fingerprint density at radius 3 is 2.23 bits per heavy atom. The van der Waals surface area contributed by atoms with Crippen molar-refractivity contribution in [2.45, 2.75) is 6.10 Å². The van der Waals surface area contributed by atoms with Crippen LogP contribution in [0.5, 0.6) is 5.75 Å². The van der Waals surface area contributed by atoms with Gasteiger partial charge in [0.25, 0.3) is 0 Å². The lowest BCUT2D eigenvalue weighted by Gasteiger charge is -2.08. The second-order valence-electron chi connectivity index (χ2n) is 2.57. The molecule has 0 bridgehead atoms. The lowest BCUT2D eigenvalue weighted by molar-refractivity contribution is -0.116. The monoisotopic (exact) mass is 180 g/mol. The summed E-state index contributed by atoms with van der Waals surface area (Å²) in [6.45, 7) is 0. The maximum atomic E-state index is 10.5. The van der Waals surface area contributed by atoms with Crippen molar-refractivity contribution in [1.82, 2.24) is 0 Å². The van der Waals surface area contributed by atoms with Gasteiger partial charge in [0, 0.05) is 7.11 Å². The highest BCUT2D eigenvalue weighted by Gasteiger charge is 2.07. The summed E-state index contributed by atoms with van der Waals surface area (Å²) in [5.74, 6) is 0.768. The molecule has 70 valence electrons. The molecule has 0 spiro atoms. The predicted octanol–water partition coefficient (Wildman–Crippen LogP) is 1.58. The number of hydrogen-bond acceptors (Lipinski definition) is 3. The van der Waals surface area contributed by atoms with Crippen molar-refractivity contribution >= 4 is 6.29 Å². The van der Waals surface area contributed by atoms with E-state index in [9.17, 15) is 4.79 Å². The standard InChI is InChI=1S/C10H12O3/c1-12-9-5-3-8(4-6-9)10(7-11)13-2/h3-7,10H,1-2H3/t10-/m1/s1. The lowest BCUT2D eigenvalue weighted by atomic mass is 10.1. The van der Waals surface area contributed by atoms with Gasteiger partial charge in [-0.15, -0.1) is 0 Å². The van der Waals surface area contributed by atoms with Crippen molar-refractivity contribution in [3.63, 3.8) is 0 Å². The van der Waals surface area contributed by atoms with Gasteiger partial charge in [0.1, 0.15) is 11.9 Å². The predicted molar refractivity (Wildman–Crippen MR) is 48.8 cm³/mol. The van der Waals surface area contributed by atoms with E-state index >= 15 is 0 Å². The van der Waals surface area contributed by atoms with E-state index in [0.717, 1.165) is 17.6 Å². The van der Waals surface area contributed by atoms with E-state index in [1.165, 1.54) is 7.11 Å². The molecule has 0 saturated carbocycles. The molecule has 0 aromatic heterocycles. The van der Waals surface area contributed by atoms with E-state index in [2.05, 4.69) is 0 Å². The van der Waals surface area contributed by atoms with Crippen LogP contribution in [0.25, 0.3) is 0 Å². The van der Waals surface area contributed by atoms with E-state index in [-0.39, 0.29) is 0 Å². The Labute approximate surface area is 77.3 Å². The van der Waals surface area contributed by atoms with Crippen LogP contribution >= 0.6 is 0 Å². The molecule has 0 radical (unpaired) electrons. The summed E-state index contributed by atoms with van der Waals surface area (Å²) in [7, 11) is 3.10. The average molecular weight is 180 g/mol. The van der Waals surface area contributed by atoms with E-state index in [4.69, 9.17) is 9.47 Å². The molecule has 1 aromatic rings. The van der Waals surface area contributed by atoms with Gasteiger partial charge in [-0.05, 0) is 17.7 Å². The van der Waals surface area contributed by atoms with Crippen LogP contribution in [0.4, 0.5) is 0 Å². The first-order chi connectivity index (χ1) is 6.31. The summed E-state index contributed by atoms with van der Waals surface area (Å²) in [5, 5.41) is 0. The van der Waals surface area contributed by atoms with Crippen LogP contribution in [0.3, 0.4) is 0 Å². The molecule has 3 nitrogen and oxygen atoms in total. The van der Waals surface area contributed by atoms with Crippen molar-refractivity contribution in [3.8, 4) is 5.75 Å². The SMILES string of the molecule is COc1ccc([C@@H](C=O)OC)cc1. The Balaban J connectivity index is 2.83. The molecule has 0 fully saturated rings. The van der Waals surface area contributed by atoms with Crippen LogP contribution < -0.4 is 4.74 Å². The van der Waals surface area contributed by atoms with Gasteiger partial charge in [-0.25, -0.2) is 0 Å². The molecule has 0 aliphatic rings. The fraction of sp³-hybridized carbons (Fsp3) is 0.300. The second-order valence-corrected chi connectivity index (χ2v) is 2.57. The molecule has 1 aromatic carbocycles. The quantitative estimate of drug-likeness (QED) is 0.660. The number of carbonyl (C=O) groups excluding carboxylic acids is 1. The van der Waals surface area contributed by atoms with Gasteiger partial charge in [-0.1, -0.05) is 12.1 Å². The minimum absolute atomic E-state index is 0.481. The van der Waals surface area contributed by atoms with Gasteiger partial charge >= 0.3 is 0 Å². The average Bonchev–Trinajstić information content (AvgIpc) is 2.21. The highest BCUT2D eigenvalue weighted by molar-refractivity contribution is 5.60. The molecule has 0 heterocycles. The summed E-state index contributed by atoms with van der Waals surface area (Å²) in [5.41, 5.74) is 0.832. The van der Waals surface area contributed by atoms with Gasteiger partial charge in [-0.2, -0.15) is 0 Å². The smallest absolute Gasteiger partial charge is 0.153 e. The van der Waals surface area contributed by atoms with Crippen molar-refractivity contribution < 1.29 is 14.3 Å².